The van der Waals surface area contributed by atoms with Crippen LogP contribution in [0, 0.1) is 0 Å². The summed E-state index contributed by atoms with van der Waals surface area (Å²) in [6.45, 7) is 7.83. The van der Waals surface area contributed by atoms with Gasteiger partial charge in [-0.3, -0.25) is 9.59 Å². The Bertz CT molecular complexity index is 1560. The fourth-order valence-corrected chi connectivity index (χ4v) is 4.41. The number of aliphatic hydroxyl groups excluding tert-OH is 2. The third-order valence-corrected chi connectivity index (χ3v) is 6.32. The van der Waals surface area contributed by atoms with Gasteiger partial charge in [0.05, 0.1) is 16.7 Å². The van der Waals surface area contributed by atoms with Crippen molar-refractivity contribution in [2.24, 2.45) is 0 Å². The molecule has 4 aromatic rings. The molecule has 2 aromatic carbocycles. The van der Waals surface area contributed by atoms with E-state index in [0.717, 1.165) is 11.0 Å². The van der Waals surface area contributed by atoms with E-state index < -0.39 is 28.6 Å². The molecule has 2 aromatic heterocycles. The van der Waals surface area contributed by atoms with Crippen molar-refractivity contribution in [3.63, 3.8) is 0 Å². The van der Waals surface area contributed by atoms with Crippen LogP contribution in [0.5, 0.6) is 0 Å². The number of aliphatic hydroxyl groups is 2. The van der Waals surface area contributed by atoms with Crippen LogP contribution in [0.4, 0.5) is 0 Å². The molecule has 0 atom stereocenters. The number of Topliss-reactive ketones (excluding diaryl/α,β-unsaturated/α-hetero) is 2. The summed E-state index contributed by atoms with van der Waals surface area (Å²) in [5.41, 5.74) is 1.37. The highest BCUT2D eigenvalue weighted by atomic mass is 16.3. The van der Waals surface area contributed by atoms with Crippen molar-refractivity contribution in [1.29, 1.82) is 0 Å². The van der Waals surface area contributed by atoms with Gasteiger partial charge in [0, 0.05) is 45.3 Å². The number of nitrogens with one attached hydrogen (secondary N) is 1. The lowest BCUT2D eigenvalue weighted by Gasteiger charge is -2.24. The number of rotatable bonds is 4. The second-order valence-electron chi connectivity index (χ2n) is 8.64. The van der Waals surface area contributed by atoms with Crippen molar-refractivity contribution in [2.45, 2.75) is 19.4 Å². The first-order valence-corrected chi connectivity index (χ1v) is 10.5. The molecule has 1 aliphatic rings. The predicted octanol–water partition coefficient (Wildman–Crippen LogP) is 5.43. The SMILES string of the molecule is C=CC(C)(C)n1cc(C2=C(O)C(=O)C(c3c[nH]c4ccccc34)=C(O)C2=O)c2ccccc21. The van der Waals surface area contributed by atoms with Crippen molar-refractivity contribution in [2.75, 3.05) is 0 Å². The van der Waals surface area contributed by atoms with Crippen LogP contribution in [0.15, 0.2) is 85.1 Å². The number of para-hydroxylation sites is 2. The topological polar surface area (TPSA) is 95.3 Å². The van der Waals surface area contributed by atoms with Gasteiger partial charge in [0.25, 0.3) is 0 Å². The summed E-state index contributed by atoms with van der Waals surface area (Å²) in [6.07, 6.45) is 5.04. The lowest BCUT2D eigenvalue weighted by molar-refractivity contribution is -0.116. The Kier molecular flexibility index (Phi) is 4.43. The van der Waals surface area contributed by atoms with Crippen molar-refractivity contribution < 1.29 is 19.8 Å². The van der Waals surface area contributed by atoms with Crippen LogP contribution < -0.4 is 0 Å². The van der Waals surface area contributed by atoms with E-state index in [0.29, 0.717) is 21.9 Å². The summed E-state index contributed by atoms with van der Waals surface area (Å²) in [5.74, 6) is -2.96. The average Bonchev–Trinajstić information content (AvgIpc) is 3.41. The monoisotopic (exact) mass is 438 g/mol. The van der Waals surface area contributed by atoms with E-state index in [1.165, 1.54) is 0 Å². The summed E-state index contributed by atoms with van der Waals surface area (Å²) in [4.78, 5) is 29.7. The number of carbonyl (C=O) groups excluding carboxylic acids is 2. The lowest BCUT2D eigenvalue weighted by atomic mass is 9.86. The third kappa shape index (κ3) is 2.88. The molecule has 0 saturated heterocycles. The quantitative estimate of drug-likeness (QED) is 0.292. The Morgan fingerprint density at radius 1 is 0.879 bits per heavy atom. The van der Waals surface area contributed by atoms with E-state index in [1.807, 2.05) is 54.8 Å². The maximum Gasteiger partial charge on any atom is 0.232 e. The molecule has 0 amide bonds. The predicted molar refractivity (Wildman–Crippen MR) is 129 cm³/mol. The number of carbonyl (C=O) groups is 2. The van der Waals surface area contributed by atoms with Gasteiger partial charge in [-0.15, -0.1) is 6.58 Å². The number of benzene rings is 2. The van der Waals surface area contributed by atoms with Crippen molar-refractivity contribution in [1.82, 2.24) is 9.55 Å². The Labute approximate surface area is 189 Å². The first-order chi connectivity index (χ1) is 15.8. The first-order valence-electron chi connectivity index (χ1n) is 10.5. The number of aromatic nitrogens is 2. The Hall–Kier alpha value is -4.32. The van der Waals surface area contributed by atoms with Crippen molar-refractivity contribution in [3.8, 4) is 0 Å². The number of nitrogens with zero attached hydrogens (tertiary/aromatic N) is 1. The second-order valence-corrected chi connectivity index (χ2v) is 8.64. The van der Waals surface area contributed by atoms with Crippen LogP contribution in [0.25, 0.3) is 33.0 Å². The van der Waals surface area contributed by atoms with Gasteiger partial charge in [-0.05, 0) is 26.0 Å². The molecule has 0 spiro atoms. The zero-order chi connectivity index (χ0) is 23.5. The minimum atomic E-state index is -0.799. The molecule has 3 N–H and O–H groups in total. The summed E-state index contributed by atoms with van der Waals surface area (Å²) < 4.78 is 1.93. The third-order valence-electron chi connectivity index (χ3n) is 6.32. The van der Waals surface area contributed by atoms with Gasteiger partial charge in [-0.25, -0.2) is 0 Å². The molecule has 2 heterocycles. The molecule has 0 fully saturated rings. The molecule has 0 bridgehead atoms. The zero-order valence-electron chi connectivity index (χ0n) is 18.2. The molecule has 0 unspecified atom stereocenters. The van der Waals surface area contributed by atoms with Gasteiger partial charge in [-0.2, -0.15) is 0 Å². The number of allylic oxidation sites excluding steroid dienone is 3. The molecule has 0 saturated carbocycles. The van der Waals surface area contributed by atoms with Gasteiger partial charge < -0.3 is 19.8 Å². The number of aromatic amines is 1. The van der Waals surface area contributed by atoms with E-state index >= 15 is 0 Å². The van der Waals surface area contributed by atoms with Crippen LogP contribution in [-0.2, 0) is 15.1 Å². The second kappa shape index (κ2) is 7.10. The zero-order valence-corrected chi connectivity index (χ0v) is 18.2. The van der Waals surface area contributed by atoms with E-state index in [9.17, 15) is 19.8 Å². The van der Waals surface area contributed by atoms with Gasteiger partial charge in [-0.1, -0.05) is 42.5 Å². The summed E-state index contributed by atoms with van der Waals surface area (Å²) in [5, 5.41) is 23.2. The fourth-order valence-electron chi connectivity index (χ4n) is 4.41. The van der Waals surface area contributed by atoms with Gasteiger partial charge in [0.2, 0.25) is 11.6 Å². The molecule has 6 heteroatoms. The molecule has 6 nitrogen and oxygen atoms in total. The van der Waals surface area contributed by atoms with Crippen LogP contribution in [0.2, 0.25) is 0 Å². The Morgan fingerprint density at radius 2 is 1.45 bits per heavy atom. The molecule has 5 rings (SSSR count). The molecule has 0 aliphatic heterocycles. The molecular formula is C27H22N2O4. The maximum absolute atomic E-state index is 13.4. The standard InChI is InChI=1S/C27H22N2O4/c1-4-27(2,3)29-14-18(16-10-6-8-12-20(16)29)22-25(32)23(30)21(24(31)26(22)33)17-13-28-19-11-7-5-9-15(17)19/h4-14,28,30,33H,1H2,2-3H3. The van der Waals surface area contributed by atoms with Gasteiger partial charge >= 0.3 is 0 Å². The minimum absolute atomic E-state index is 0.212. The fraction of sp³-hybridized carbons (Fsp3) is 0.111. The molecular weight excluding hydrogens is 416 g/mol. The van der Waals surface area contributed by atoms with E-state index in [4.69, 9.17) is 0 Å². The normalized spacial score (nSPS) is 15.2. The Morgan fingerprint density at radius 3 is 2.12 bits per heavy atom. The van der Waals surface area contributed by atoms with Crippen LogP contribution in [0.1, 0.15) is 25.0 Å². The molecule has 33 heavy (non-hydrogen) atoms. The number of ketones is 2. The number of H-pyrrole nitrogens is 1. The molecule has 1 aliphatic carbocycles. The smallest absolute Gasteiger partial charge is 0.232 e. The van der Waals surface area contributed by atoms with E-state index in [1.54, 1.807) is 30.6 Å². The molecule has 0 radical (unpaired) electrons. The number of hydrogen-bond acceptors (Lipinski definition) is 4. The highest BCUT2D eigenvalue weighted by Crippen LogP contribution is 2.40. The summed E-state index contributed by atoms with van der Waals surface area (Å²) in [6, 6.07) is 14.6. The number of hydrogen-bond donors (Lipinski definition) is 3. The van der Waals surface area contributed by atoms with Crippen molar-refractivity contribution in [3.05, 3.63) is 96.2 Å². The van der Waals surface area contributed by atoms with Crippen molar-refractivity contribution >= 4 is 44.5 Å². The van der Waals surface area contributed by atoms with Crippen LogP contribution in [0.3, 0.4) is 0 Å². The maximum atomic E-state index is 13.4. The summed E-state index contributed by atoms with van der Waals surface area (Å²) >= 11 is 0. The minimum Gasteiger partial charge on any atom is -0.504 e. The largest absolute Gasteiger partial charge is 0.504 e. The van der Waals surface area contributed by atoms with E-state index in [-0.39, 0.29) is 11.1 Å². The van der Waals surface area contributed by atoms with Crippen LogP contribution >= 0.6 is 0 Å². The van der Waals surface area contributed by atoms with Gasteiger partial charge in [0.1, 0.15) is 0 Å². The highest BCUT2D eigenvalue weighted by Gasteiger charge is 2.38. The number of fused-ring (bicyclic) bond motifs is 2. The lowest BCUT2D eigenvalue weighted by Crippen LogP contribution is -2.23. The highest BCUT2D eigenvalue weighted by molar-refractivity contribution is 6.48. The average molecular weight is 438 g/mol. The molecule has 164 valence electrons. The Balaban J connectivity index is 1.73. The van der Waals surface area contributed by atoms with Crippen LogP contribution in [-0.4, -0.2) is 31.3 Å². The van der Waals surface area contributed by atoms with Gasteiger partial charge in [0.15, 0.2) is 11.5 Å². The van der Waals surface area contributed by atoms with E-state index in [2.05, 4.69) is 11.6 Å². The first kappa shape index (κ1) is 20.6. The summed E-state index contributed by atoms with van der Waals surface area (Å²) in [7, 11) is 0.